The number of nitrogens with two attached hydrogens (primary N) is 1. The van der Waals surface area contributed by atoms with Crippen LogP contribution in [-0.2, 0) is 9.59 Å². The fourth-order valence-electron chi connectivity index (χ4n) is 1.40. The van der Waals surface area contributed by atoms with Crippen LogP contribution in [0, 0.1) is 6.92 Å². The van der Waals surface area contributed by atoms with Gasteiger partial charge in [-0.1, -0.05) is 22.0 Å². The second-order valence-electron chi connectivity index (χ2n) is 4.12. The highest BCUT2D eigenvalue weighted by Gasteiger charge is 2.22. The minimum atomic E-state index is -1.36. The molecule has 7 nitrogen and oxygen atoms in total. The molecule has 108 valence electrons. The number of anilines is 1. The first-order valence-electron chi connectivity index (χ1n) is 5.64. The Morgan fingerprint density at radius 1 is 1.40 bits per heavy atom. The fraction of sp³-hybridized carbons (Fsp3) is 0.250. The van der Waals surface area contributed by atoms with E-state index in [1.165, 1.54) is 0 Å². The van der Waals surface area contributed by atoms with Crippen molar-refractivity contribution in [3.63, 3.8) is 0 Å². The third-order valence-corrected chi connectivity index (χ3v) is 3.29. The van der Waals surface area contributed by atoms with Crippen molar-refractivity contribution in [3.8, 4) is 0 Å². The summed E-state index contributed by atoms with van der Waals surface area (Å²) in [5, 5.41) is 13.5. The summed E-state index contributed by atoms with van der Waals surface area (Å²) in [4.78, 5) is 33.2. The van der Waals surface area contributed by atoms with Crippen molar-refractivity contribution in [3.05, 3.63) is 28.2 Å². The zero-order valence-corrected chi connectivity index (χ0v) is 12.2. The largest absolute Gasteiger partial charge is 0.480 e. The van der Waals surface area contributed by atoms with E-state index in [4.69, 9.17) is 10.8 Å². The van der Waals surface area contributed by atoms with Gasteiger partial charge >= 0.3 is 12.0 Å². The topological polar surface area (TPSA) is 122 Å². The van der Waals surface area contributed by atoms with Crippen LogP contribution in [0.2, 0.25) is 0 Å². The summed E-state index contributed by atoms with van der Waals surface area (Å²) >= 11 is 3.32. The quantitative estimate of drug-likeness (QED) is 0.641. The second kappa shape index (κ2) is 6.90. The maximum Gasteiger partial charge on any atom is 0.326 e. The van der Waals surface area contributed by atoms with E-state index in [0.29, 0.717) is 5.69 Å². The molecular formula is C12H14BrN3O4. The number of carboxylic acid groups (broad SMARTS) is 1. The van der Waals surface area contributed by atoms with Crippen LogP contribution in [0.3, 0.4) is 0 Å². The van der Waals surface area contributed by atoms with Gasteiger partial charge in [-0.15, -0.1) is 0 Å². The minimum Gasteiger partial charge on any atom is -0.480 e. The molecule has 20 heavy (non-hydrogen) atoms. The van der Waals surface area contributed by atoms with E-state index in [-0.39, 0.29) is 0 Å². The number of halogens is 1. The van der Waals surface area contributed by atoms with Crippen LogP contribution in [0.4, 0.5) is 10.5 Å². The highest BCUT2D eigenvalue weighted by Crippen LogP contribution is 2.20. The highest BCUT2D eigenvalue weighted by molar-refractivity contribution is 9.10. The molecule has 1 aromatic carbocycles. The van der Waals surface area contributed by atoms with Crippen LogP contribution in [0.5, 0.6) is 0 Å². The molecule has 0 bridgehead atoms. The molecule has 0 saturated heterocycles. The predicted octanol–water partition coefficient (Wildman–Crippen LogP) is 1.21. The zero-order chi connectivity index (χ0) is 15.3. The van der Waals surface area contributed by atoms with Crippen molar-refractivity contribution in [2.24, 2.45) is 5.73 Å². The van der Waals surface area contributed by atoms with Gasteiger partial charge in [0.1, 0.15) is 6.04 Å². The second-order valence-corrected chi connectivity index (χ2v) is 4.98. The molecule has 0 unspecified atom stereocenters. The Labute approximate surface area is 123 Å². The van der Waals surface area contributed by atoms with Crippen molar-refractivity contribution in [2.45, 2.75) is 19.4 Å². The van der Waals surface area contributed by atoms with Gasteiger partial charge in [-0.05, 0) is 24.6 Å². The van der Waals surface area contributed by atoms with Gasteiger partial charge < -0.3 is 21.5 Å². The lowest BCUT2D eigenvalue weighted by molar-refractivity contribution is -0.140. The molecule has 0 saturated carbocycles. The molecule has 0 aliphatic rings. The van der Waals surface area contributed by atoms with Gasteiger partial charge in [0.2, 0.25) is 5.91 Å². The van der Waals surface area contributed by atoms with Crippen LogP contribution in [0.1, 0.15) is 12.0 Å². The normalized spacial score (nSPS) is 11.5. The molecule has 3 amide bonds. The van der Waals surface area contributed by atoms with E-state index in [9.17, 15) is 14.4 Å². The number of urea groups is 1. The fourth-order valence-corrected chi connectivity index (χ4v) is 1.78. The number of carbonyl (C=O) groups is 3. The third-order valence-electron chi connectivity index (χ3n) is 2.44. The average molecular weight is 344 g/mol. The molecule has 1 rings (SSSR count). The summed E-state index contributed by atoms with van der Waals surface area (Å²) < 4.78 is 0.808. The Morgan fingerprint density at radius 3 is 2.55 bits per heavy atom. The molecule has 0 radical (unpaired) electrons. The molecule has 0 fully saturated rings. The van der Waals surface area contributed by atoms with Crippen molar-refractivity contribution in [2.75, 3.05) is 5.32 Å². The Bertz CT molecular complexity index is 548. The van der Waals surface area contributed by atoms with E-state index in [1.54, 1.807) is 18.2 Å². The van der Waals surface area contributed by atoms with E-state index in [2.05, 4.69) is 26.6 Å². The lowest BCUT2D eigenvalue weighted by atomic mass is 10.2. The molecule has 0 aliphatic heterocycles. The molecule has 1 atom stereocenters. The van der Waals surface area contributed by atoms with Gasteiger partial charge in [0, 0.05) is 10.2 Å². The number of rotatable bonds is 5. The number of carboxylic acids is 1. The first-order valence-corrected chi connectivity index (χ1v) is 6.43. The molecule has 0 aliphatic carbocycles. The molecule has 0 heterocycles. The van der Waals surface area contributed by atoms with Gasteiger partial charge in [0.15, 0.2) is 0 Å². The van der Waals surface area contributed by atoms with Crippen LogP contribution >= 0.6 is 15.9 Å². The van der Waals surface area contributed by atoms with Crippen LogP contribution in [-0.4, -0.2) is 29.1 Å². The predicted molar refractivity (Wildman–Crippen MR) is 76.3 cm³/mol. The molecule has 1 aromatic rings. The van der Waals surface area contributed by atoms with Crippen molar-refractivity contribution in [1.82, 2.24) is 5.32 Å². The monoisotopic (exact) mass is 343 g/mol. The Balaban J connectivity index is 2.67. The van der Waals surface area contributed by atoms with Gasteiger partial charge in [0.05, 0.1) is 6.42 Å². The Hall–Kier alpha value is -2.09. The number of primary amides is 1. The number of hydrogen-bond donors (Lipinski definition) is 4. The van der Waals surface area contributed by atoms with Crippen molar-refractivity contribution < 1.29 is 19.5 Å². The number of hydrogen-bond acceptors (Lipinski definition) is 3. The number of amides is 3. The average Bonchev–Trinajstić information content (AvgIpc) is 2.32. The molecule has 0 spiro atoms. The van der Waals surface area contributed by atoms with Gasteiger partial charge in [0.25, 0.3) is 0 Å². The van der Waals surface area contributed by atoms with Gasteiger partial charge in [-0.2, -0.15) is 0 Å². The number of benzene rings is 1. The summed E-state index contributed by atoms with van der Waals surface area (Å²) in [6, 6.07) is 3.05. The first-order chi connectivity index (χ1) is 9.29. The highest BCUT2D eigenvalue weighted by atomic mass is 79.9. The molecule has 0 aromatic heterocycles. The molecule has 5 N–H and O–H groups in total. The molecular weight excluding hydrogens is 330 g/mol. The van der Waals surface area contributed by atoms with E-state index >= 15 is 0 Å². The maximum absolute atomic E-state index is 11.7. The van der Waals surface area contributed by atoms with E-state index in [1.807, 2.05) is 6.92 Å². The van der Waals surface area contributed by atoms with E-state index in [0.717, 1.165) is 10.0 Å². The van der Waals surface area contributed by atoms with Crippen LogP contribution < -0.4 is 16.4 Å². The first kappa shape index (κ1) is 16.0. The van der Waals surface area contributed by atoms with Gasteiger partial charge in [-0.25, -0.2) is 9.59 Å². The molecule has 8 heteroatoms. The standard InChI is InChI=1S/C12H14BrN3O4/c1-6-2-3-7(4-8(6)13)15-12(20)16-9(11(18)19)5-10(14)17/h2-4,9H,5H2,1H3,(H2,14,17)(H,18,19)(H2,15,16,20)/t9-/m1/s1. The van der Waals surface area contributed by atoms with Gasteiger partial charge in [-0.3, -0.25) is 4.79 Å². The third kappa shape index (κ3) is 4.88. The number of nitrogens with one attached hydrogen (secondary N) is 2. The summed E-state index contributed by atoms with van der Waals surface area (Å²) in [7, 11) is 0. The zero-order valence-electron chi connectivity index (χ0n) is 10.6. The van der Waals surface area contributed by atoms with Crippen LogP contribution in [0.25, 0.3) is 0 Å². The summed E-state index contributed by atoms with van der Waals surface area (Å²) in [5.74, 6) is -2.14. The number of aliphatic carboxylic acids is 1. The minimum absolute atomic E-state index is 0.472. The lowest BCUT2D eigenvalue weighted by Gasteiger charge is -2.14. The SMILES string of the molecule is Cc1ccc(NC(=O)N[C@H](CC(N)=O)C(=O)O)cc1Br. The van der Waals surface area contributed by atoms with E-state index < -0.39 is 30.4 Å². The Kier molecular flexibility index (Phi) is 5.51. The summed E-state index contributed by atoms with van der Waals surface area (Å²) in [5.41, 5.74) is 6.40. The van der Waals surface area contributed by atoms with Crippen molar-refractivity contribution in [1.29, 1.82) is 0 Å². The summed E-state index contributed by atoms with van der Waals surface area (Å²) in [6.45, 7) is 1.89. The number of aryl methyl sites for hydroxylation is 1. The lowest BCUT2D eigenvalue weighted by Crippen LogP contribution is -2.45. The summed E-state index contributed by atoms with van der Waals surface area (Å²) in [6.07, 6.45) is -0.472. The maximum atomic E-state index is 11.7. The number of carbonyl (C=O) groups excluding carboxylic acids is 2. The van der Waals surface area contributed by atoms with Crippen molar-refractivity contribution >= 4 is 39.5 Å². The van der Waals surface area contributed by atoms with Crippen LogP contribution in [0.15, 0.2) is 22.7 Å². The Morgan fingerprint density at radius 2 is 2.05 bits per heavy atom. The smallest absolute Gasteiger partial charge is 0.326 e.